The third kappa shape index (κ3) is 4.22. The van der Waals surface area contributed by atoms with Gasteiger partial charge in [-0.1, -0.05) is 6.07 Å². The highest BCUT2D eigenvalue weighted by Gasteiger charge is 2.43. The van der Waals surface area contributed by atoms with E-state index in [0.717, 1.165) is 0 Å². The lowest BCUT2D eigenvalue weighted by Crippen LogP contribution is -2.41. The van der Waals surface area contributed by atoms with Crippen molar-refractivity contribution in [2.24, 2.45) is 0 Å². The highest BCUT2D eigenvalue weighted by Crippen LogP contribution is 2.49. The zero-order valence-corrected chi connectivity index (χ0v) is 18.3. The number of carbonyl (C=O) groups excluding carboxylic acids is 2. The molecule has 0 atom stereocenters. The van der Waals surface area contributed by atoms with Gasteiger partial charge in [0.25, 0.3) is 0 Å². The van der Waals surface area contributed by atoms with Crippen LogP contribution in [-0.2, 0) is 19.2 Å². The molecule has 174 valence electrons. The van der Waals surface area contributed by atoms with Gasteiger partial charge < -0.3 is 24.6 Å². The Hall–Kier alpha value is -3.62. The minimum atomic E-state index is -1.13. The van der Waals surface area contributed by atoms with Crippen molar-refractivity contribution in [2.45, 2.75) is 44.4 Å². The predicted molar refractivity (Wildman–Crippen MR) is 115 cm³/mol. The molecule has 0 spiro atoms. The lowest BCUT2D eigenvalue weighted by molar-refractivity contribution is -0.139. The number of allylic oxidation sites excluding steroid dienone is 4. The maximum absolute atomic E-state index is 13.1. The van der Waals surface area contributed by atoms with Crippen molar-refractivity contribution in [3.05, 3.63) is 46.3 Å². The summed E-state index contributed by atoms with van der Waals surface area (Å²) in [7, 11) is 1.43. The number of carbonyl (C=O) groups is 4. The number of methoxy groups -OCH3 is 1. The fourth-order valence-corrected chi connectivity index (χ4v) is 5.00. The molecule has 0 radical (unpaired) electrons. The van der Waals surface area contributed by atoms with Crippen molar-refractivity contribution >= 4 is 23.5 Å². The molecular weight excluding hydrogens is 430 g/mol. The van der Waals surface area contributed by atoms with Crippen molar-refractivity contribution in [1.82, 2.24) is 4.90 Å². The van der Waals surface area contributed by atoms with Gasteiger partial charge in [0.05, 0.1) is 7.11 Å². The molecule has 9 heteroatoms. The van der Waals surface area contributed by atoms with E-state index >= 15 is 0 Å². The fourth-order valence-electron chi connectivity index (χ4n) is 5.00. The van der Waals surface area contributed by atoms with Crippen molar-refractivity contribution in [3.63, 3.8) is 0 Å². The largest absolute Gasteiger partial charge is 0.493 e. The molecule has 1 aromatic carbocycles. The van der Waals surface area contributed by atoms with E-state index in [2.05, 4.69) is 0 Å². The van der Waals surface area contributed by atoms with E-state index < -0.39 is 24.5 Å². The summed E-state index contributed by atoms with van der Waals surface area (Å²) in [5.74, 6) is -2.43. The van der Waals surface area contributed by atoms with E-state index in [4.69, 9.17) is 14.6 Å². The Kier molecular flexibility index (Phi) is 6.22. The average Bonchev–Trinajstić information content (AvgIpc) is 2.78. The molecule has 0 saturated carbocycles. The number of hydrogen-bond acceptors (Lipinski definition) is 7. The molecule has 0 amide bonds. The highest BCUT2D eigenvalue weighted by atomic mass is 16.5. The molecule has 1 aliphatic heterocycles. The molecule has 0 bridgehead atoms. The fraction of sp³-hybridized carbons (Fsp3) is 0.417. The van der Waals surface area contributed by atoms with Crippen molar-refractivity contribution < 1.29 is 38.9 Å². The van der Waals surface area contributed by atoms with Crippen LogP contribution >= 0.6 is 0 Å². The van der Waals surface area contributed by atoms with Crippen LogP contribution in [0.2, 0.25) is 0 Å². The third-order valence-corrected chi connectivity index (χ3v) is 6.25. The summed E-state index contributed by atoms with van der Waals surface area (Å²) < 4.78 is 10.7. The highest BCUT2D eigenvalue weighted by molar-refractivity contribution is 6.06. The number of nitrogens with zero attached hydrogens (tertiary/aromatic N) is 1. The molecule has 2 aliphatic carbocycles. The number of ketones is 2. The number of hydrogen-bond donors (Lipinski definition) is 2. The van der Waals surface area contributed by atoms with E-state index in [1.807, 2.05) is 0 Å². The van der Waals surface area contributed by atoms with E-state index in [1.54, 1.807) is 23.1 Å². The van der Waals surface area contributed by atoms with E-state index in [0.29, 0.717) is 66.6 Å². The SMILES string of the molecule is COc1cc(C2C3=C(CCCC3=O)N(CC(=O)O)C3=C2C(=O)CCC3)ccc1OCC(=O)O. The smallest absolute Gasteiger partial charge is 0.341 e. The Bertz CT molecular complexity index is 1060. The maximum atomic E-state index is 13.1. The minimum absolute atomic E-state index is 0.0910. The van der Waals surface area contributed by atoms with Crippen molar-refractivity contribution in [3.8, 4) is 11.5 Å². The standard InChI is InChI=1S/C24H25NO8/c1-32-19-10-13(8-9-18(19)33-12-21(30)31)22-23-14(4-2-6-16(23)26)25(11-20(28)29)15-5-3-7-17(27)24(15)22/h8-10,22H,2-7,11-12H2,1H3,(H,28,29)(H,30,31). The monoisotopic (exact) mass is 455 g/mol. The summed E-state index contributed by atoms with van der Waals surface area (Å²) in [6.45, 7) is -0.832. The lowest BCUT2D eigenvalue weighted by atomic mass is 9.71. The Morgan fingerprint density at radius 3 is 2.06 bits per heavy atom. The molecule has 0 aromatic heterocycles. The number of benzene rings is 1. The van der Waals surface area contributed by atoms with Crippen LogP contribution in [0.15, 0.2) is 40.7 Å². The Morgan fingerprint density at radius 1 is 0.939 bits per heavy atom. The van der Waals surface area contributed by atoms with Gasteiger partial charge in [0, 0.05) is 41.3 Å². The van der Waals surface area contributed by atoms with Crippen LogP contribution in [0.5, 0.6) is 11.5 Å². The molecular formula is C24H25NO8. The van der Waals surface area contributed by atoms with Gasteiger partial charge in [0.15, 0.2) is 29.7 Å². The topological polar surface area (TPSA) is 130 Å². The number of rotatable bonds is 7. The first-order valence-corrected chi connectivity index (χ1v) is 10.9. The van der Waals surface area contributed by atoms with Crippen LogP contribution in [0.3, 0.4) is 0 Å². The second kappa shape index (κ2) is 9.09. The van der Waals surface area contributed by atoms with Crippen molar-refractivity contribution in [1.29, 1.82) is 0 Å². The number of ether oxygens (including phenoxy) is 2. The number of carboxylic acids is 2. The Balaban J connectivity index is 1.87. The first-order chi connectivity index (χ1) is 15.8. The molecule has 33 heavy (non-hydrogen) atoms. The predicted octanol–water partition coefficient (Wildman–Crippen LogP) is 2.66. The number of Topliss-reactive ketones (excluding diaryl/α,β-unsaturated/α-hetero) is 2. The second-order valence-electron chi connectivity index (χ2n) is 8.28. The summed E-state index contributed by atoms with van der Waals surface area (Å²) in [5.41, 5.74) is 2.94. The summed E-state index contributed by atoms with van der Waals surface area (Å²) in [6.07, 6.45) is 3.05. The van der Waals surface area contributed by atoms with Crippen molar-refractivity contribution in [2.75, 3.05) is 20.3 Å². The van der Waals surface area contributed by atoms with Gasteiger partial charge in [-0.3, -0.25) is 14.4 Å². The number of carboxylic acid groups (broad SMARTS) is 2. The van der Waals surface area contributed by atoms with Gasteiger partial charge in [0.2, 0.25) is 0 Å². The maximum Gasteiger partial charge on any atom is 0.341 e. The molecule has 2 N–H and O–H groups in total. The quantitative estimate of drug-likeness (QED) is 0.637. The molecule has 1 heterocycles. The summed E-state index contributed by atoms with van der Waals surface area (Å²) in [5, 5.41) is 18.4. The van der Waals surface area contributed by atoms with Gasteiger partial charge in [-0.2, -0.15) is 0 Å². The summed E-state index contributed by atoms with van der Waals surface area (Å²) in [6, 6.07) is 4.94. The summed E-state index contributed by atoms with van der Waals surface area (Å²) in [4.78, 5) is 50.5. The van der Waals surface area contributed by atoms with Gasteiger partial charge in [-0.15, -0.1) is 0 Å². The van der Waals surface area contributed by atoms with Gasteiger partial charge in [-0.25, -0.2) is 4.79 Å². The van der Waals surface area contributed by atoms with E-state index in [1.165, 1.54) is 7.11 Å². The van der Waals surface area contributed by atoms with Crippen LogP contribution in [0.25, 0.3) is 0 Å². The van der Waals surface area contributed by atoms with Crippen LogP contribution in [0.1, 0.15) is 50.0 Å². The first kappa shape index (κ1) is 22.6. The summed E-state index contributed by atoms with van der Waals surface area (Å²) >= 11 is 0. The third-order valence-electron chi connectivity index (χ3n) is 6.25. The van der Waals surface area contributed by atoms with Gasteiger partial charge in [0.1, 0.15) is 6.54 Å². The van der Waals surface area contributed by atoms with Crippen LogP contribution in [0.4, 0.5) is 0 Å². The normalized spacial score (nSPS) is 18.8. The molecule has 0 fully saturated rings. The van der Waals surface area contributed by atoms with Crippen LogP contribution < -0.4 is 9.47 Å². The molecule has 9 nitrogen and oxygen atoms in total. The minimum Gasteiger partial charge on any atom is -0.493 e. The molecule has 4 rings (SSSR count). The Morgan fingerprint density at radius 2 is 1.55 bits per heavy atom. The van der Waals surface area contributed by atoms with Gasteiger partial charge >= 0.3 is 11.9 Å². The van der Waals surface area contributed by atoms with Gasteiger partial charge in [-0.05, 0) is 43.4 Å². The first-order valence-electron chi connectivity index (χ1n) is 10.9. The number of aliphatic carboxylic acids is 2. The zero-order chi connectivity index (χ0) is 23.7. The van der Waals surface area contributed by atoms with E-state index in [9.17, 15) is 24.3 Å². The molecule has 0 saturated heterocycles. The second-order valence-corrected chi connectivity index (χ2v) is 8.28. The van der Waals surface area contributed by atoms with Crippen LogP contribution in [0, 0.1) is 0 Å². The Labute approximate surface area is 190 Å². The molecule has 3 aliphatic rings. The lowest BCUT2D eigenvalue weighted by Gasteiger charge is -2.43. The molecule has 1 aromatic rings. The molecule has 0 unspecified atom stereocenters. The van der Waals surface area contributed by atoms with Crippen LogP contribution in [-0.4, -0.2) is 58.9 Å². The zero-order valence-electron chi connectivity index (χ0n) is 18.3. The average molecular weight is 455 g/mol. The van der Waals surface area contributed by atoms with E-state index in [-0.39, 0.29) is 29.6 Å².